The molecule has 0 amide bonds. The van der Waals surface area contributed by atoms with Crippen LogP contribution >= 0.6 is 0 Å². The monoisotopic (exact) mass is 247 g/mol. The van der Waals surface area contributed by atoms with Gasteiger partial charge in [-0.1, -0.05) is 18.2 Å². The summed E-state index contributed by atoms with van der Waals surface area (Å²) in [6.07, 6.45) is 3.74. The van der Waals surface area contributed by atoms with E-state index in [1.165, 1.54) is 19.3 Å². The van der Waals surface area contributed by atoms with Crippen molar-refractivity contribution in [3.8, 4) is 5.75 Å². The van der Waals surface area contributed by atoms with Crippen molar-refractivity contribution in [1.29, 1.82) is 0 Å². The van der Waals surface area contributed by atoms with Gasteiger partial charge >= 0.3 is 0 Å². The highest BCUT2D eigenvalue weighted by Crippen LogP contribution is 2.09. The lowest BCUT2D eigenvalue weighted by molar-refractivity contribution is 0.321. The van der Waals surface area contributed by atoms with Gasteiger partial charge in [0, 0.05) is 13.1 Å². The van der Waals surface area contributed by atoms with Crippen molar-refractivity contribution in [1.82, 2.24) is 4.90 Å². The molecule has 0 saturated carbocycles. The third kappa shape index (κ3) is 3.95. The van der Waals surface area contributed by atoms with Gasteiger partial charge < -0.3 is 15.4 Å². The summed E-state index contributed by atoms with van der Waals surface area (Å²) in [6.45, 7) is 3.25. The van der Waals surface area contributed by atoms with Gasteiger partial charge in [0.1, 0.15) is 12.4 Å². The molecular weight excluding hydrogens is 226 g/mol. The molecule has 18 heavy (non-hydrogen) atoms. The summed E-state index contributed by atoms with van der Waals surface area (Å²) < 4.78 is 5.56. The molecule has 0 aliphatic carbocycles. The van der Waals surface area contributed by atoms with Crippen LogP contribution < -0.4 is 10.5 Å². The van der Waals surface area contributed by atoms with Crippen molar-refractivity contribution in [2.75, 3.05) is 26.2 Å². The molecule has 2 rings (SSSR count). The number of nitrogens with two attached hydrogens (primary N) is 1. The van der Waals surface area contributed by atoms with E-state index in [2.05, 4.69) is 9.89 Å². The Morgan fingerprint density at radius 1 is 1.17 bits per heavy atom. The second-order valence-corrected chi connectivity index (χ2v) is 4.45. The van der Waals surface area contributed by atoms with Crippen LogP contribution in [-0.4, -0.2) is 37.1 Å². The molecular formula is C14H21N3O. The summed E-state index contributed by atoms with van der Waals surface area (Å²) in [5.74, 6) is 1.54. The van der Waals surface area contributed by atoms with Gasteiger partial charge in [0.15, 0.2) is 5.96 Å². The van der Waals surface area contributed by atoms with E-state index in [1.54, 1.807) is 0 Å². The lowest BCUT2D eigenvalue weighted by Gasteiger charge is -2.27. The van der Waals surface area contributed by atoms with E-state index < -0.39 is 0 Å². The molecule has 0 aromatic heterocycles. The number of hydrogen-bond donors (Lipinski definition) is 1. The standard InChI is InChI=1S/C14H21N3O/c15-14(17-10-5-2-6-11-17)16-9-12-18-13-7-3-1-4-8-13/h1,3-4,7-8H,2,5-6,9-12H2,(H2,15,16). The van der Waals surface area contributed by atoms with E-state index in [9.17, 15) is 0 Å². The molecule has 1 aliphatic heterocycles. The molecule has 1 aromatic carbocycles. The van der Waals surface area contributed by atoms with Gasteiger partial charge in [-0.3, -0.25) is 0 Å². The Hall–Kier alpha value is -1.71. The second-order valence-electron chi connectivity index (χ2n) is 4.45. The van der Waals surface area contributed by atoms with Crippen molar-refractivity contribution in [3.63, 3.8) is 0 Å². The van der Waals surface area contributed by atoms with Crippen molar-refractivity contribution < 1.29 is 4.74 Å². The molecule has 2 N–H and O–H groups in total. The first-order chi connectivity index (χ1) is 8.86. The van der Waals surface area contributed by atoms with Crippen LogP contribution in [0.5, 0.6) is 5.75 Å². The summed E-state index contributed by atoms with van der Waals surface area (Å²) in [6, 6.07) is 9.77. The quantitative estimate of drug-likeness (QED) is 0.502. The highest BCUT2D eigenvalue weighted by molar-refractivity contribution is 5.78. The molecule has 0 unspecified atom stereocenters. The van der Waals surface area contributed by atoms with Crippen LogP contribution in [0.2, 0.25) is 0 Å². The number of rotatable bonds is 4. The van der Waals surface area contributed by atoms with Crippen molar-refractivity contribution in [2.24, 2.45) is 10.7 Å². The largest absolute Gasteiger partial charge is 0.492 e. The summed E-state index contributed by atoms with van der Waals surface area (Å²) in [7, 11) is 0. The van der Waals surface area contributed by atoms with Crippen molar-refractivity contribution in [3.05, 3.63) is 30.3 Å². The number of piperidine rings is 1. The SMILES string of the molecule is NC(=NCCOc1ccccc1)N1CCCCC1. The molecule has 1 aliphatic rings. The fourth-order valence-corrected chi connectivity index (χ4v) is 2.06. The maximum absolute atomic E-state index is 5.95. The van der Waals surface area contributed by atoms with Gasteiger partial charge in [-0.2, -0.15) is 0 Å². The number of likely N-dealkylation sites (tertiary alicyclic amines) is 1. The number of ether oxygens (including phenoxy) is 1. The summed E-state index contributed by atoms with van der Waals surface area (Å²) in [4.78, 5) is 6.52. The van der Waals surface area contributed by atoms with Crippen molar-refractivity contribution >= 4 is 5.96 Å². The zero-order valence-corrected chi connectivity index (χ0v) is 10.7. The minimum Gasteiger partial charge on any atom is -0.492 e. The summed E-state index contributed by atoms with van der Waals surface area (Å²) in [5.41, 5.74) is 5.95. The van der Waals surface area contributed by atoms with Gasteiger partial charge in [-0.25, -0.2) is 4.99 Å². The van der Waals surface area contributed by atoms with Gasteiger partial charge in [-0.05, 0) is 31.4 Å². The fraction of sp³-hybridized carbons (Fsp3) is 0.500. The normalized spacial score (nSPS) is 16.7. The lowest BCUT2D eigenvalue weighted by Crippen LogP contribution is -2.41. The maximum atomic E-state index is 5.95. The van der Waals surface area contributed by atoms with E-state index >= 15 is 0 Å². The Kier molecular flexibility index (Phi) is 4.88. The van der Waals surface area contributed by atoms with Crippen LogP contribution in [0.25, 0.3) is 0 Å². The third-order valence-corrected chi connectivity index (χ3v) is 3.06. The number of guanidine groups is 1. The Bertz CT molecular complexity index is 372. The van der Waals surface area contributed by atoms with Crippen LogP contribution in [0, 0.1) is 0 Å². The lowest BCUT2D eigenvalue weighted by atomic mass is 10.1. The third-order valence-electron chi connectivity index (χ3n) is 3.06. The van der Waals surface area contributed by atoms with Crippen molar-refractivity contribution in [2.45, 2.75) is 19.3 Å². The molecule has 4 nitrogen and oxygen atoms in total. The Morgan fingerprint density at radius 2 is 1.89 bits per heavy atom. The van der Waals surface area contributed by atoms with Gasteiger partial charge in [-0.15, -0.1) is 0 Å². The topological polar surface area (TPSA) is 50.9 Å². The van der Waals surface area contributed by atoms with Gasteiger partial charge in [0.2, 0.25) is 0 Å². The van der Waals surface area contributed by atoms with E-state index in [-0.39, 0.29) is 0 Å². The molecule has 4 heteroatoms. The molecule has 98 valence electrons. The first-order valence-corrected chi connectivity index (χ1v) is 6.59. The maximum Gasteiger partial charge on any atom is 0.191 e. The molecule has 1 saturated heterocycles. The van der Waals surface area contributed by atoms with Crippen LogP contribution in [-0.2, 0) is 0 Å². The van der Waals surface area contributed by atoms with Crippen LogP contribution in [0.4, 0.5) is 0 Å². The Labute approximate surface area is 108 Å². The number of nitrogens with zero attached hydrogens (tertiary/aromatic N) is 2. The first-order valence-electron chi connectivity index (χ1n) is 6.59. The molecule has 0 atom stereocenters. The molecule has 1 aromatic rings. The van der Waals surface area contributed by atoms with E-state index in [1.807, 2.05) is 30.3 Å². The first kappa shape index (κ1) is 12.7. The van der Waals surface area contributed by atoms with E-state index in [4.69, 9.17) is 10.5 Å². The number of hydrogen-bond acceptors (Lipinski definition) is 2. The van der Waals surface area contributed by atoms with E-state index in [0.29, 0.717) is 19.1 Å². The molecule has 0 spiro atoms. The summed E-state index contributed by atoms with van der Waals surface area (Å²) >= 11 is 0. The van der Waals surface area contributed by atoms with Gasteiger partial charge in [0.25, 0.3) is 0 Å². The molecule has 0 bridgehead atoms. The summed E-state index contributed by atoms with van der Waals surface area (Å²) in [5, 5.41) is 0. The number of aliphatic imine (C=N–C) groups is 1. The number of para-hydroxylation sites is 1. The average Bonchev–Trinajstić information content (AvgIpc) is 2.45. The smallest absolute Gasteiger partial charge is 0.191 e. The highest BCUT2D eigenvalue weighted by atomic mass is 16.5. The predicted molar refractivity (Wildman–Crippen MR) is 73.9 cm³/mol. The second kappa shape index (κ2) is 6.89. The minimum absolute atomic E-state index is 0.568. The van der Waals surface area contributed by atoms with Crippen LogP contribution in [0.1, 0.15) is 19.3 Å². The molecule has 0 radical (unpaired) electrons. The molecule has 1 fully saturated rings. The predicted octanol–water partition coefficient (Wildman–Crippen LogP) is 1.87. The molecule has 1 heterocycles. The zero-order valence-electron chi connectivity index (χ0n) is 10.7. The van der Waals surface area contributed by atoms with E-state index in [0.717, 1.165) is 18.8 Å². The zero-order chi connectivity index (χ0) is 12.6. The average molecular weight is 247 g/mol. The van der Waals surface area contributed by atoms with Crippen LogP contribution in [0.15, 0.2) is 35.3 Å². The van der Waals surface area contributed by atoms with Gasteiger partial charge in [0.05, 0.1) is 6.54 Å². The highest BCUT2D eigenvalue weighted by Gasteiger charge is 2.11. The number of benzene rings is 1. The Balaban J connectivity index is 1.70. The minimum atomic E-state index is 0.568. The Morgan fingerprint density at radius 3 is 2.61 bits per heavy atom. The fourth-order valence-electron chi connectivity index (χ4n) is 2.06. The van der Waals surface area contributed by atoms with Crippen LogP contribution in [0.3, 0.4) is 0 Å².